The maximum absolute atomic E-state index is 12.2. The van der Waals surface area contributed by atoms with Crippen LogP contribution >= 0.6 is 34.9 Å². The van der Waals surface area contributed by atoms with Crippen molar-refractivity contribution in [2.45, 2.75) is 17.3 Å². The maximum Gasteiger partial charge on any atom is 0.573 e. The molecule has 0 aliphatic heterocycles. The first-order valence-electron chi connectivity index (χ1n) is 6.16. The molecule has 1 aromatic carbocycles. The molecule has 2 heterocycles. The second-order valence-electron chi connectivity index (χ2n) is 4.20. The lowest BCUT2D eigenvalue weighted by molar-refractivity contribution is -0.274. The van der Waals surface area contributed by atoms with Crippen molar-refractivity contribution in [2.75, 3.05) is 0 Å². The lowest BCUT2D eigenvalue weighted by Crippen LogP contribution is -2.17. The van der Waals surface area contributed by atoms with Crippen molar-refractivity contribution in [2.24, 2.45) is 0 Å². The van der Waals surface area contributed by atoms with Crippen molar-refractivity contribution in [1.82, 2.24) is 29.8 Å². The molecule has 13 heteroatoms. The molecular formula is C11H6ClF3N6OS2. The van der Waals surface area contributed by atoms with Crippen LogP contribution in [0.25, 0.3) is 5.69 Å². The highest BCUT2D eigenvalue weighted by Gasteiger charge is 2.31. The summed E-state index contributed by atoms with van der Waals surface area (Å²) in [4.78, 5) is 0. The first-order valence-corrected chi connectivity index (χ1v) is 8.30. The molecule has 0 radical (unpaired) electrons. The van der Waals surface area contributed by atoms with Gasteiger partial charge in [0.25, 0.3) is 0 Å². The minimum absolute atomic E-state index is 0.325. The minimum atomic E-state index is -4.74. The molecule has 0 aliphatic rings. The Hall–Kier alpha value is -1.92. The second kappa shape index (κ2) is 6.91. The summed E-state index contributed by atoms with van der Waals surface area (Å²) in [7, 11) is 0. The number of halogens is 4. The van der Waals surface area contributed by atoms with Gasteiger partial charge in [-0.15, -0.1) is 23.4 Å². The summed E-state index contributed by atoms with van der Waals surface area (Å²) < 4.78 is 45.9. The number of aromatic nitrogens is 6. The van der Waals surface area contributed by atoms with Crippen molar-refractivity contribution < 1.29 is 17.9 Å². The van der Waals surface area contributed by atoms with Gasteiger partial charge in [0.05, 0.1) is 5.69 Å². The number of hydrogen-bond acceptors (Lipinski definition) is 8. The van der Waals surface area contributed by atoms with E-state index >= 15 is 0 Å². The molecule has 0 bridgehead atoms. The highest BCUT2D eigenvalue weighted by atomic mass is 35.5. The molecule has 0 amide bonds. The fourth-order valence-electron chi connectivity index (χ4n) is 1.64. The molecule has 24 heavy (non-hydrogen) atoms. The van der Waals surface area contributed by atoms with Gasteiger partial charge in [-0.25, -0.2) is 0 Å². The van der Waals surface area contributed by atoms with Crippen LogP contribution in [0.5, 0.6) is 5.75 Å². The van der Waals surface area contributed by atoms with Gasteiger partial charge in [0.15, 0.2) is 0 Å². The number of alkyl halides is 3. The highest BCUT2D eigenvalue weighted by molar-refractivity contribution is 7.98. The zero-order chi connectivity index (χ0) is 17.2. The van der Waals surface area contributed by atoms with Crippen LogP contribution in [0.2, 0.25) is 4.34 Å². The molecule has 2 aromatic heterocycles. The molecule has 0 spiro atoms. The number of nitrogens with zero attached hydrogens (tertiary/aromatic N) is 6. The normalized spacial score (nSPS) is 11.7. The summed E-state index contributed by atoms with van der Waals surface area (Å²) in [6.45, 7) is 0. The molecule has 0 unspecified atom stereocenters. The van der Waals surface area contributed by atoms with E-state index in [9.17, 15) is 13.2 Å². The molecule has 126 valence electrons. The number of hydrogen-bond donors (Lipinski definition) is 0. The molecular weight excluding hydrogens is 389 g/mol. The Balaban J connectivity index is 1.74. The van der Waals surface area contributed by atoms with Gasteiger partial charge in [-0.05, 0) is 34.7 Å². The molecule has 3 rings (SSSR count). The van der Waals surface area contributed by atoms with E-state index in [1.165, 1.54) is 40.7 Å². The van der Waals surface area contributed by atoms with Crippen LogP contribution in [-0.2, 0) is 5.75 Å². The lowest BCUT2D eigenvalue weighted by Gasteiger charge is -2.09. The molecule has 0 saturated heterocycles. The lowest BCUT2D eigenvalue weighted by atomic mass is 10.3. The first-order chi connectivity index (χ1) is 11.4. The van der Waals surface area contributed by atoms with Crippen LogP contribution < -0.4 is 4.74 Å². The molecule has 0 saturated carbocycles. The molecule has 7 nitrogen and oxygen atoms in total. The van der Waals surface area contributed by atoms with Gasteiger partial charge in [-0.2, -0.15) is 4.68 Å². The van der Waals surface area contributed by atoms with E-state index in [1.807, 2.05) is 0 Å². The number of tetrazole rings is 1. The third kappa shape index (κ3) is 4.13. The van der Waals surface area contributed by atoms with Crippen molar-refractivity contribution in [1.29, 1.82) is 0 Å². The minimum Gasteiger partial charge on any atom is -0.406 e. The van der Waals surface area contributed by atoms with Crippen LogP contribution in [0.1, 0.15) is 5.69 Å². The molecule has 0 N–H and O–H groups in total. The number of ether oxygens (including phenoxy) is 1. The van der Waals surface area contributed by atoms with Gasteiger partial charge in [0.1, 0.15) is 15.8 Å². The second-order valence-corrected chi connectivity index (χ2v) is 6.50. The van der Waals surface area contributed by atoms with Crippen LogP contribution in [0.3, 0.4) is 0 Å². The Morgan fingerprint density at radius 1 is 1.21 bits per heavy atom. The van der Waals surface area contributed by atoms with Gasteiger partial charge < -0.3 is 4.74 Å². The van der Waals surface area contributed by atoms with Crippen molar-refractivity contribution in [3.8, 4) is 11.4 Å². The van der Waals surface area contributed by atoms with E-state index in [-0.39, 0.29) is 5.75 Å². The summed E-state index contributed by atoms with van der Waals surface area (Å²) in [6, 6.07) is 5.19. The van der Waals surface area contributed by atoms with Gasteiger partial charge in [-0.1, -0.05) is 27.9 Å². The van der Waals surface area contributed by atoms with Gasteiger partial charge in [-0.3, -0.25) is 0 Å². The molecule has 0 atom stereocenters. The zero-order valence-electron chi connectivity index (χ0n) is 11.4. The third-order valence-electron chi connectivity index (χ3n) is 2.60. The van der Waals surface area contributed by atoms with E-state index < -0.39 is 6.36 Å². The summed E-state index contributed by atoms with van der Waals surface area (Å²) in [5.74, 6) is 0.0826. The predicted octanol–water partition coefficient (Wildman–Crippen LogP) is 3.36. The SMILES string of the molecule is FC(F)(F)Oc1ccc(-n2nnnc2SCc2nnsc2Cl)cc1. The Bertz CT molecular complexity index is 822. The summed E-state index contributed by atoms with van der Waals surface area (Å²) >= 11 is 8.27. The van der Waals surface area contributed by atoms with Gasteiger partial charge in [0, 0.05) is 17.3 Å². The Labute approximate surface area is 145 Å². The number of thioether (sulfide) groups is 1. The Morgan fingerprint density at radius 2 is 1.96 bits per heavy atom. The van der Waals surface area contributed by atoms with E-state index in [1.54, 1.807) is 0 Å². The third-order valence-corrected chi connectivity index (χ3v) is 4.52. The Kier molecular flexibility index (Phi) is 4.87. The van der Waals surface area contributed by atoms with Crippen LogP contribution in [0.4, 0.5) is 13.2 Å². The van der Waals surface area contributed by atoms with Gasteiger partial charge >= 0.3 is 6.36 Å². The van der Waals surface area contributed by atoms with E-state index in [0.717, 1.165) is 11.5 Å². The smallest absolute Gasteiger partial charge is 0.406 e. The van der Waals surface area contributed by atoms with Crippen molar-refractivity contribution in [3.05, 3.63) is 34.3 Å². The summed E-state index contributed by atoms with van der Waals surface area (Å²) in [5, 5.41) is 15.6. The van der Waals surface area contributed by atoms with Crippen LogP contribution in [-0.4, -0.2) is 36.2 Å². The molecule has 0 fully saturated rings. The summed E-state index contributed by atoms with van der Waals surface area (Å²) in [6.07, 6.45) is -4.74. The number of rotatable bonds is 5. The highest BCUT2D eigenvalue weighted by Crippen LogP contribution is 2.28. The topological polar surface area (TPSA) is 78.6 Å². The van der Waals surface area contributed by atoms with Crippen LogP contribution in [0, 0.1) is 0 Å². The van der Waals surface area contributed by atoms with Crippen molar-refractivity contribution >= 4 is 34.9 Å². The quantitative estimate of drug-likeness (QED) is 0.614. The van der Waals surface area contributed by atoms with E-state index in [2.05, 4.69) is 29.8 Å². The standard InChI is InChI=1S/C11H6ClF3N6OS2/c12-9-8(16-20-24-9)5-23-10-17-18-19-21(10)6-1-3-7(4-2-6)22-11(13,14)15/h1-4H,5H2. The zero-order valence-corrected chi connectivity index (χ0v) is 13.8. The average molecular weight is 395 g/mol. The van der Waals surface area contributed by atoms with E-state index in [0.29, 0.717) is 26.6 Å². The first kappa shape index (κ1) is 16.9. The molecule has 3 aromatic rings. The fourth-order valence-corrected chi connectivity index (χ4v) is 3.26. The monoisotopic (exact) mass is 394 g/mol. The van der Waals surface area contributed by atoms with E-state index in [4.69, 9.17) is 11.6 Å². The molecule has 0 aliphatic carbocycles. The fraction of sp³-hybridized carbons (Fsp3) is 0.182. The van der Waals surface area contributed by atoms with Gasteiger partial charge in [0.2, 0.25) is 5.16 Å². The predicted molar refractivity (Wildman–Crippen MR) is 80.3 cm³/mol. The average Bonchev–Trinajstić information content (AvgIpc) is 3.13. The summed E-state index contributed by atoms with van der Waals surface area (Å²) in [5.41, 5.74) is 1.09. The maximum atomic E-state index is 12.2. The van der Waals surface area contributed by atoms with Crippen LogP contribution in [0.15, 0.2) is 29.4 Å². The number of benzene rings is 1. The Morgan fingerprint density at radius 3 is 2.58 bits per heavy atom. The van der Waals surface area contributed by atoms with Crippen molar-refractivity contribution in [3.63, 3.8) is 0 Å². The largest absolute Gasteiger partial charge is 0.573 e.